The Hall–Kier alpha value is -2.89. The number of hydrogen-bond acceptors (Lipinski definition) is 5. The summed E-state index contributed by atoms with van der Waals surface area (Å²) in [6.45, 7) is 1.25. The third-order valence-corrected chi connectivity index (χ3v) is 3.61. The molecule has 0 N–H and O–H groups in total. The molecular formula is C16H13N3O3. The molecule has 4 rings (SSSR count). The van der Waals surface area contributed by atoms with E-state index in [2.05, 4.69) is 10.2 Å². The van der Waals surface area contributed by atoms with Crippen molar-refractivity contribution in [2.24, 2.45) is 5.18 Å². The van der Waals surface area contributed by atoms with Crippen molar-refractivity contribution >= 4 is 11.5 Å². The van der Waals surface area contributed by atoms with Crippen molar-refractivity contribution in [1.82, 2.24) is 9.38 Å². The fraction of sp³-hybridized carbons (Fsp3) is 0.188. The summed E-state index contributed by atoms with van der Waals surface area (Å²) in [6.07, 6.45) is 2.62. The smallest absolute Gasteiger partial charge is 0.209 e. The van der Waals surface area contributed by atoms with Gasteiger partial charge in [0.25, 0.3) is 0 Å². The Kier molecular flexibility index (Phi) is 3.00. The molecule has 0 spiro atoms. The molecule has 0 saturated heterocycles. The third-order valence-electron chi connectivity index (χ3n) is 3.61. The van der Waals surface area contributed by atoms with Crippen LogP contribution in [0.4, 0.5) is 5.82 Å². The molecule has 6 heteroatoms. The van der Waals surface area contributed by atoms with Crippen molar-refractivity contribution in [3.8, 4) is 22.8 Å². The van der Waals surface area contributed by atoms with Crippen molar-refractivity contribution in [2.45, 2.75) is 6.42 Å². The van der Waals surface area contributed by atoms with Gasteiger partial charge in [0.2, 0.25) is 5.82 Å². The molecule has 0 atom stereocenters. The van der Waals surface area contributed by atoms with Crippen LogP contribution >= 0.6 is 0 Å². The molecule has 3 heterocycles. The van der Waals surface area contributed by atoms with Gasteiger partial charge in [0.05, 0.1) is 13.2 Å². The minimum atomic E-state index is 0.282. The van der Waals surface area contributed by atoms with Gasteiger partial charge in [0, 0.05) is 18.2 Å². The molecule has 0 aliphatic carbocycles. The predicted octanol–water partition coefficient (Wildman–Crippen LogP) is 3.56. The standard InChI is InChI=1S/C16H13N3O3/c20-18-16-15(17-14-4-1-2-7-19(14)16)11-5-6-12-13(10-11)22-9-3-8-21-12/h1-2,4-7,10H,3,8-9H2. The summed E-state index contributed by atoms with van der Waals surface area (Å²) in [4.78, 5) is 15.8. The van der Waals surface area contributed by atoms with Crippen molar-refractivity contribution in [1.29, 1.82) is 0 Å². The zero-order valence-corrected chi connectivity index (χ0v) is 11.7. The van der Waals surface area contributed by atoms with E-state index in [-0.39, 0.29) is 5.82 Å². The van der Waals surface area contributed by atoms with Crippen molar-refractivity contribution in [3.63, 3.8) is 0 Å². The van der Waals surface area contributed by atoms with Crippen LogP contribution in [0.3, 0.4) is 0 Å². The van der Waals surface area contributed by atoms with Crippen LogP contribution in [0.25, 0.3) is 16.9 Å². The van der Waals surface area contributed by atoms with E-state index in [4.69, 9.17) is 9.47 Å². The Bertz CT molecular complexity index is 857. The molecule has 6 nitrogen and oxygen atoms in total. The molecule has 1 aliphatic heterocycles. The van der Waals surface area contributed by atoms with Crippen LogP contribution < -0.4 is 9.47 Å². The van der Waals surface area contributed by atoms with E-state index in [9.17, 15) is 4.91 Å². The second-order valence-corrected chi connectivity index (χ2v) is 5.02. The topological polar surface area (TPSA) is 65.2 Å². The number of rotatable bonds is 2. The van der Waals surface area contributed by atoms with Crippen LogP contribution in [0.1, 0.15) is 6.42 Å². The fourth-order valence-electron chi connectivity index (χ4n) is 2.57. The summed E-state index contributed by atoms with van der Waals surface area (Å²) in [7, 11) is 0. The first-order valence-corrected chi connectivity index (χ1v) is 7.07. The maximum absolute atomic E-state index is 11.3. The number of nitrogens with zero attached hydrogens (tertiary/aromatic N) is 3. The van der Waals surface area contributed by atoms with E-state index in [1.807, 2.05) is 36.4 Å². The normalized spacial score (nSPS) is 13.8. The quantitative estimate of drug-likeness (QED) is 0.678. The monoisotopic (exact) mass is 295 g/mol. The molecule has 2 aromatic heterocycles. The zero-order valence-electron chi connectivity index (χ0n) is 11.7. The number of fused-ring (bicyclic) bond motifs is 2. The van der Waals surface area contributed by atoms with Gasteiger partial charge in [0.1, 0.15) is 11.3 Å². The number of hydrogen-bond donors (Lipinski definition) is 0. The maximum Gasteiger partial charge on any atom is 0.209 e. The number of benzene rings is 1. The molecular weight excluding hydrogens is 282 g/mol. The molecule has 0 unspecified atom stereocenters. The maximum atomic E-state index is 11.3. The second kappa shape index (κ2) is 5.14. The first-order valence-electron chi connectivity index (χ1n) is 7.07. The second-order valence-electron chi connectivity index (χ2n) is 5.02. The number of ether oxygens (including phenoxy) is 2. The summed E-state index contributed by atoms with van der Waals surface area (Å²) in [5.41, 5.74) is 2.00. The first kappa shape index (κ1) is 12.8. The van der Waals surface area contributed by atoms with E-state index in [1.165, 1.54) is 0 Å². The Labute approximate surface area is 126 Å². The molecule has 0 saturated carbocycles. The molecule has 0 fully saturated rings. The SMILES string of the molecule is O=Nc1c(-c2ccc3c(c2)OCCCO3)nc2ccccn12. The minimum Gasteiger partial charge on any atom is -0.490 e. The van der Waals surface area contributed by atoms with E-state index in [1.54, 1.807) is 10.6 Å². The van der Waals surface area contributed by atoms with Crippen molar-refractivity contribution < 1.29 is 9.47 Å². The van der Waals surface area contributed by atoms with Gasteiger partial charge in [0.15, 0.2) is 11.5 Å². The predicted molar refractivity (Wildman–Crippen MR) is 81.7 cm³/mol. The average molecular weight is 295 g/mol. The van der Waals surface area contributed by atoms with Crippen molar-refractivity contribution in [3.05, 3.63) is 47.5 Å². The van der Waals surface area contributed by atoms with Crippen LogP contribution in [0.15, 0.2) is 47.8 Å². The van der Waals surface area contributed by atoms with Gasteiger partial charge >= 0.3 is 0 Å². The van der Waals surface area contributed by atoms with Gasteiger partial charge in [-0.1, -0.05) is 6.07 Å². The van der Waals surface area contributed by atoms with Crippen LogP contribution in [0, 0.1) is 4.91 Å². The average Bonchev–Trinajstić information content (AvgIpc) is 2.77. The van der Waals surface area contributed by atoms with E-state index in [0.29, 0.717) is 36.1 Å². The molecule has 1 aliphatic rings. The highest BCUT2D eigenvalue weighted by atomic mass is 16.5. The molecule has 0 radical (unpaired) electrons. The Morgan fingerprint density at radius 2 is 1.95 bits per heavy atom. The molecule has 110 valence electrons. The lowest BCUT2D eigenvalue weighted by Gasteiger charge is -2.08. The Balaban J connectivity index is 1.88. The minimum absolute atomic E-state index is 0.282. The van der Waals surface area contributed by atoms with Crippen LogP contribution in [0.5, 0.6) is 11.5 Å². The van der Waals surface area contributed by atoms with Gasteiger partial charge in [-0.2, -0.15) is 0 Å². The van der Waals surface area contributed by atoms with Crippen LogP contribution in [-0.4, -0.2) is 22.6 Å². The highest BCUT2D eigenvalue weighted by molar-refractivity contribution is 5.76. The Morgan fingerprint density at radius 3 is 2.82 bits per heavy atom. The third kappa shape index (κ3) is 2.00. The van der Waals surface area contributed by atoms with Crippen molar-refractivity contribution in [2.75, 3.05) is 13.2 Å². The summed E-state index contributed by atoms with van der Waals surface area (Å²) < 4.78 is 13.0. The van der Waals surface area contributed by atoms with Gasteiger partial charge in [-0.15, -0.1) is 4.91 Å². The molecule has 22 heavy (non-hydrogen) atoms. The lowest BCUT2D eigenvalue weighted by atomic mass is 10.1. The summed E-state index contributed by atoms with van der Waals surface area (Å²) in [6, 6.07) is 11.1. The van der Waals surface area contributed by atoms with Gasteiger partial charge in [-0.25, -0.2) is 4.98 Å². The largest absolute Gasteiger partial charge is 0.490 e. The van der Waals surface area contributed by atoms with Gasteiger partial charge in [-0.3, -0.25) is 4.40 Å². The number of nitroso groups, excluding NO2 is 1. The van der Waals surface area contributed by atoms with E-state index >= 15 is 0 Å². The van der Waals surface area contributed by atoms with Gasteiger partial charge < -0.3 is 9.47 Å². The lowest BCUT2D eigenvalue weighted by molar-refractivity contribution is 0.297. The summed E-state index contributed by atoms with van der Waals surface area (Å²) in [5.74, 6) is 1.67. The summed E-state index contributed by atoms with van der Waals surface area (Å²) in [5, 5.41) is 3.14. The lowest BCUT2D eigenvalue weighted by Crippen LogP contribution is -1.97. The van der Waals surface area contributed by atoms with Crippen LogP contribution in [0.2, 0.25) is 0 Å². The highest BCUT2D eigenvalue weighted by Gasteiger charge is 2.17. The Morgan fingerprint density at radius 1 is 1.09 bits per heavy atom. The fourth-order valence-corrected chi connectivity index (χ4v) is 2.57. The summed E-state index contributed by atoms with van der Waals surface area (Å²) >= 11 is 0. The van der Waals surface area contributed by atoms with E-state index in [0.717, 1.165) is 12.0 Å². The molecule has 1 aromatic carbocycles. The van der Waals surface area contributed by atoms with Gasteiger partial charge in [-0.05, 0) is 35.5 Å². The van der Waals surface area contributed by atoms with Crippen LogP contribution in [-0.2, 0) is 0 Å². The first-order chi connectivity index (χ1) is 10.9. The molecule has 0 bridgehead atoms. The number of imidazole rings is 1. The molecule has 3 aromatic rings. The number of pyridine rings is 1. The zero-order chi connectivity index (χ0) is 14.9. The number of aromatic nitrogens is 2. The van der Waals surface area contributed by atoms with E-state index < -0.39 is 0 Å². The highest BCUT2D eigenvalue weighted by Crippen LogP contribution is 2.37. The molecule has 0 amide bonds.